The van der Waals surface area contributed by atoms with Gasteiger partial charge in [-0.25, -0.2) is 14.6 Å². The zero-order chi connectivity index (χ0) is 16.4. The van der Waals surface area contributed by atoms with E-state index >= 15 is 0 Å². The van der Waals surface area contributed by atoms with Crippen LogP contribution in [0.3, 0.4) is 0 Å². The molecule has 0 aliphatic rings. The number of aryl methyl sites for hydroxylation is 1. The van der Waals surface area contributed by atoms with Gasteiger partial charge in [-0.1, -0.05) is 5.21 Å². The first kappa shape index (κ1) is 15.4. The van der Waals surface area contributed by atoms with Crippen LogP contribution in [-0.4, -0.2) is 25.0 Å². The lowest BCUT2D eigenvalue weighted by molar-refractivity contribution is -0.137. The Kier molecular flexibility index (Phi) is 3.99. The van der Waals surface area contributed by atoms with Crippen LogP contribution in [-0.2, 0) is 12.8 Å². The monoisotopic (exact) mass is 341 g/mol. The fourth-order valence-corrected chi connectivity index (χ4v) is 2.50. The molecule has 3 aromatic heterocycles. The number of thiophene rings is 1. The molecule has 0 fully saturated rings. The fraction of sp³-hybridized carbons (Fsp3) is 0.231. The highest BCUT2D eigenvalue weighted by Gasteiger charge is 2.31. The molecule has 0 atom stereocenters. The van der Waals surface area contributed by atoms with Gasteiger partial charge in [0.1, 0.15) is 17.3 Å². The normalized spacial score (nSPS) is 11.7. The number of halogens is 3. The molecule has 0 radical (unpaired) electrons. The van der Waals surface area contributed by atoms with Crippen molar-refractivity contribution in [1.82, 2.24) is 25.0 Å². The maximum atomic E-state index is 12.6. The number of nitrogens with zero attached hydrogens (tertiary/aromatic N) is 5. The Bertz CT molecular complexity index is 797. The molecule has 0 aliphatic carbocycles. The van der Waals surface area contributed by atoms with Crippen molar-refractivity contribution >= 4 is 11.3 Å². The van der Waals surface area contributed by atoms with Gasteiger partial charge in [0, 0.05) is 17.8 Å². The van der Waals surface area contributed by atoms with Crippen LogP contribution in [0.5, 0.6) is 6.01 Å². The quantitative estimate of drug-likeness (QED) is 0.730. The Hall–Kier alpha value is -2.49. The number of rotatable bonds is 4. The van der Waals surface area contributed by atoms with Crippen molar-refractivity contribution in [2.75, 3.05) is 0 Å². The lowest BCUT2D eigenvalue weighted by atomic mass is 10.3. The van der Waals surface area contributed by atoms with Crippen LogP contribution in [0.2, 0.25) is 0 Å². The molecular formula is C13H10F3N5OS. The first-order valence-electron chi connectivity index (χ1n) is 6.40. The van der Waals surface area contributed by atoms with Gasteiger partial charge in [0.2, 0.25) is 0 Å². The molecule has 3 heterocycles. The third kappa shape index (κ3) is 3.65. The second-order valence-corrected chi connectivity index (χ2v) is 5.55. The molecule has 0 saturated heterocycles. The fourth-order valence-electron chi connectivity index (χ4n) is 1.66. The molecule has 0 bridgehead atoms. The summed E-state index contributed by atoms with van der Waals surface area (Å²) in [5, 5.41) is 9.01. The molecular weight excluding hydrogens is 331 g/mol. The van der Waals surface area contributed by atoms with E-state index in [2.05, 4.69) is 20.3 Å². The highest BCUT2D eigenvalue weighted by molar-refractivity contribution is 7.12. The molecule has 120 valence electrons. The summed E-state index contributed by atoms with van der Waals surface area (Å²) in [7, 11) is 0. The third-order valence-corrected chi connectivity index (χ3v) is 3.70. The number of aromatic nitrogens is 5. The minimum Gasteiger partial charge on any atom is -0.457 e. The number of alkyl halides is 3. The average molecular weight is 341 g/mol. The van der Waals surface area contributed by atoms with Crippen LogP contribution >= 0.6 is 11.3 Å². The first-order valence-corrected chi connectivity index (χ1v) is 7.28. The van der Waals surface area contributed by atoms with Crippen LogP contribution in [0.25, 0.3) is 5.00 Å². The van der Waals surface area contributed by atoms with Gasteiger partial charge in [-0.15, -0.1) is 16.4 Å². The molecule has 3 rings (SSSR count). The largest absolute Gasteiger partial charge is 0.457 e. The summed E-state index contributed by atoms with van der Waals surface area (Å²) in [5.74, 6) is 0. The van der Waals surface area contributed by atoms with Crippen LogP contribution in [0, 0.1) is 6.92 Å². The average Bonchev–Trinajstić information content (AvgIpc) is 3.15. The first-order chi connectivity index (χ1) is 10.9. The Balaban J connectivity index is 1.68. The molecule has 10 heteroatoms. The Morgan fingerprint density at radius 1 is 1.26 bits per heavy atom. The second kappa shape index (κ2) is 5.95. The van der Waals surface area contributed by atoms with Gasteiger partial charge < -0.3 is 4.74 Å². The maximum Gasteiger partial charge on any atom is 0.417 e. The van der Waals surface area contributed by atoms with E-state index in [9.17, 15) is 13.2 Å². The molecule has 0 aliphatic heterocycles. The zero-order valence-corrected chi connectivity index (χ0v) is 12.6. The number of hydrogen-bond acceptors (Lipinski definition) is 6. The Labute approximate surface area is 132 Å². The van der Waals surface area contributed by atoms with Gasteiger partial charge in [0.05, 0.1) is 11.8 Å². The van der Waals surface area contributed by atoms with Crippen molar-refractivity contribution in [2.45, 2.75) is 19.7 Å². The summed E-state index contributed by atoms with van der Waals surface area (Å²) in [6.45, 7) is 1.92. The molecule has 23 heavy (non-hydrogen) atoms. The van der Waals surface area contributed by atoms with E-state index in [-0.39, 0.29) is 12.6 Å². The highest BCUT2D eigenvalue weighted by Crippen LogP contribution is 2.33. The predicted octanol–water partition coefficient (Wildman–Crippen LogP) is 3.03. The lowest BCUT2D eigenvalue weighted by Crippen LogP contribution is -2.02. The van der Waals surface area contributed by atoms with Gasteiger partial charge >= 0.3 is 12.2 Å². The molecule has 3 aromatic rings. The van der Waals surface area contributed by atoms with E-state index in [4.69, 9.17) is 4.74 Å². The summed E-state index contributed by atoms with van der Waals surface area (Å²) in [6, 6.07) is 1.22. The smallest absolute Gasteiger partial charge is 0.417 e. The molecule has 0 saturated carbocycles. The van der Waals surface area contributed by atoms with Crippen molar-refractivity contribution in [3.05, 3.63) is 46.9 Å². The minimum absolute atomic E-state index is 0.0700. The van der Waals surface area contributed by atoms with E-state index in [0.29, 0.717) is 10.7 Å². The van der Waals surface area contributed by atoms with Crippen molar-refractivity contribution < 1.29 is 17.9 Å². The zero-order valence-electron chi connectivity index (χ0n) is 11.8. The van der Waals surface area contributed by atoms with Gasteiger partial charge in [-0.05, 0) is 18.6 Å². The van der Waals surface area contributed by atoms with Crippen molar-refractivity contribution in [1.29, 1.82) is 0 Å². The summed E-state index contributed by atoms with van der Waals surface area (Å²) in [5.41, 5.74) is 0.649. The van der Waals surface area contributed by atoms with Crippen molar-refractivity contribution in [3.8, 4) is 11.0 Å². The standard InChI is InChI=1S/C13H10F3N5OS/c1-8-3-17-12(18-4-8)22-6-10-5-21(20-19-10)11-2-9(7-23-11)13(14,15)16/h2-5,7H,6H2,1H3. The van der Waals surface area contributed by atoms with Crippen LogP contribution in [0.1, 0.15) is 16.8 Å². The van der Waals surface area contributed by atoms with E-state index < -0.39 is 11.7 Å². The van der Waals surface area contributed by atoms with Crippen molar-refractivity contribution in [3.63, 3.8) is 0 Å². The van der Waals surface area contributed by atoms with Gasteiger partial charge in [0.25, 0.3) is 0 Å². The topological polar surface area (TPSA) is 65.7 Å². The van der Waals surface area contributed by atoms with Gasteiger partial charge in [-0.2, -0.15) is 13.2 Å². The Morgan fingerprint density at radius 2 is 2.00 bits per heavy atom. The van der Waals surface area contributed by atoms with Gasteiger partial charge in [0.15, 0.2) is 0 Å². The van der Waals surface area contributed by atoms with Crippen LogP contribution in [0.15, 0.2) is 30.0 Å². The summed E-state index contributed by atoms with van der Waals surface area (Å²) >= 11 is 0.934. The number of hydrogen-bond donors (Lipinski definition) is 0. The molecule has 6 nitrogen and oxygen atoms in total. The molecule has 0 aromatic carbocycles. The lowest BCUT2D eigenvalue weighted by Gasteiger charge is -2.01. The predicted molar refractivity (Wildman–Crippen MR) is 75.3 cm³/mol. The molecule has 0 unspecified atom stereocenters. The Morgan fingerprint density at radius 3 is 2.65 bits per heavy atom. The van der Waals surface area contributed by atoms with E-state index in [1.54, 1.807) is 12.4 Å². The molecule has 0 amide bonds. The highest BCUT2D eigenvalue weighted by atomic mass is 32.1. The summed E-state index contributed by atoms with van der Waals surface area (Å²) in [4.78, 5) is 7.95. The van der Waals surface area contributed by atoms with E-state index in [0.717, 1.165) is 28.3 Å². The molecule has 0 N–H and O–H groups in total. The summed E-state index contributed by atoms with van der Waals surface area (Å²) < 4.78 is 44.4. The van der Waals surface area contributed by atoms with Crippen LogP contribution < -0.4 is 4.74 Å². The third-order valence-electron chi connectivity index (χ3n) is 2.79. The maximum absolute atomic E-state index is 12.6. The SMILES string of the molecule is Cc1cnc(OCc2cn(-c3cc(C(F)(F)F)cs3)nn2)nc1. The molecule has 0 spiro atoms. The van der Waals surface area contributed by atoms with E-state index in [1.165, 1.54) is 10.9 Å². The van der Waals surface area contributed by atoms with Crippen molar-refractivity contribution in [2.24, 2.45) is 0 Å². The van der Waals surface area contributed by atoms with E-state index in [1.807, 2.05) is 6.92 Å². The summed E-state index contributed by atoms with van der Waals surface area (Å²) in [6.07, 6.45) is 0.358. The van der Waals surface area contributed by atoms with Crippen LogP contribution in [0.4, 0.5) is 13.2 Å². The minimum atomic E-state index is -4.37. The van der Waals surface area contributed by atoms with Gasteiger partial charge in [-0.3, -0.25) is 0 Å². The number of ether oxygens (including phenoxy) is 1. The second-order valence-electron chi connectivity index (χ2n) is 4.66.